The number of Topliss-reactive ketones (excluding diaryl/α,β-unsaturated/α-hetero) is 3. The summed E-state index contributed by atoms with van der Waals surface area (Å²) in [6.45, 7) is 4.11. The van der Waals surface area contributed by atoms with Crippen molar-refractivity contribution in [1.29, 1.82) is 0 Å². The Morgan fingerprint density at radius 1 is 1.25 bits per heavy atom. The van der Waals surface area contributed by atoms with Gasteiger partial charge < -0.3 is 24.8 Å². The summed E-state index contributed by atoms with van der Waals surface area (Å²) in [6, 6.07) is 0. The van der Waals surface area contributed by atoms with E-state index in [1.807, 2.05) is 0 Å². The Balaban J connectivity index is 2.16. The monoisotopic (exact) mass is 462 g/mol. The molecule has 1 heterocycles. The standard InChI is InChI=1S/C22H22O9S/c1-9-18(28)17-20(16(19(9)30-4)12(25)8-32-6-5-14(26)27)31-13-7-11(24)15(10(2)23)21(29)22(13,17)3/h7,24,28H,5-6,8H2,1-4H3,(H,26,27)/t22-/m0/s1. The summed E-state index contributed by atoms with van der Waals surface area (Å²) in [5.74, 6) is -3.65. The van der Waals surface area contributed by atoms with Crippen molar-refractivity contribution in [2.75, 3.05) is 18.6 Å². The van der Waals surface area contributed by atoms with Crippen molar-refractivity contribution in [2.24, 2.45) is 0 Å². The van der Waals surface area contributed by atoms with Gasteiger partial charge in [-0.1, -0.05) is 0 Å². The fourth-order valence-corrected chi connectivity index (χ4v) is 4.72. The number of carboxylic acids is 1. The van der Waals surface area contributed by atoms with E-state index in [2.05, 4.69) is 0 Å². The van der Waals surface area contributed by atoms with E-state index in [0.717, 1.165) is 24.8 Å². The molecule has 0 fully saturated rings. The first-order valence-electron chi connectivity index (χ1n) is 9.62. The molecule has 1 aliphatic carbocycles. The number of fused-ring (bicyclic) bond motifs is 3. The molecule has 3 N–H and O–H groups in total. The topological polar surface area (TPSA) is 147 Å². The number of aromatic hydroxyl groups is 1. The van der Waals surface area contributed by atoms with E-state index in [4.69, 9.17) is 14.6 Å². The van der Waals surface area contributed by atoms with E-state index in [9.17, 15) is 29.4 Å². The normalized spacial score (nSPS) is 19.1. The number of methoxy groups -OCH3 is 1. The predicted molar refractivity (Wildman–Crippen MR) is 115 cm³/mol. The van der Waals surface area contributed by atoms with Gasteiger partial charge in [-0.05, 0) is 20.8 Å². The van der Waals surface area contributed by atoms with Gasteiger partial charge in [0.15, 0.2) is 17.3 Å². The summed E-state index contributed by atoms with van der Waals surface area (Å²) in [7, 11) is 1.32. The maximum atomic E-state index is 13.3. The summed E-state index contributed by atoms with van der Waals surface area (Å²) < 4.78 is 11.2. The Bertz CT molecular complexity index is 1130. The van der Waals surface area contributed by atoms with Gasteiger partial charge in [0.25, 0.3) is 0 Å². The van der Waals surface area contributed by atoms with Crippen molar-refractivity contribution >= 4 is 35.1 Å². The number of hydrogen-bond donors (Lipinski definition) is 3. The van der Waals surface area contributed by atoms with Crippen molar-refractivity contribution in [1.82, 2.24) is 0 Å². The molecule has 10 heteroatoms. The first-order chi connectivity index (χ1) is 15.0. The zero-order valence-corrected chi connectivity index (χ0v) is 18.7. The Hall–Kier alpha value is -3.27. The third-order valence-electron chi connectivity index (χ3n) is 5.55. The van der Waals surface area contributed by atoms with Gasteiger partial charge in [0.2, 0.25) is 0 Å². The van der Waals surface area contributed by atoms with Crippen molar-refractivity contribution < 1.29 is 44.0 Å². The number of ketones is 3. The number of phenolic OH excluding ortho intramolecular Hbond substituents is 1. The molecule has 0 aromatic heterocycles. The molecule has 0 unspecified atom stereocenters. The smallest absolute Gasteiger partial charge is 0.304 e. The van der Waals surface area contributed by atoms with Gasteiger partial charge in [0.1, 0.15) is 45.3 Å². The minimum absolute atomic E-state index is 0.00573. The molecule has 0 saturated heterocycles. The van der Waals surface area contributed by atoms with E-state index >= 15 is 0 Å². The molecule has 1 aromatic carbocycles. The highest BCUT2D eigenvalue weighted by Gasteiger charge is 2.55. The van der Waals surface area contributed by atoms with Crippen molar-refractivity contribution in [3.63, 3.8) is 0 Å². The first kappa shape index (κ1) is 23.4. The van der Waals surface area contributed by atoms with E-state index < -0.39 is 40.1 Å². The molecule has 0 amide bonds. The van der Waals surface area contributed by atoms with E-state index in [1.54, 1.807) is 0 Å². The number of allylic oxidation sites excluding steroid dienone is 3. The number of carbonyl (C=O) groups excluding carboxylic acids is 3. The van der Waals surface area contributed by atoms with Crippen LogP contribution in [0.25, 0.3) is 0 Å². The summed E-state index contributed by atoms with van der Waals surface area (Å²) in [4.78, 5) is 49.1. The minimum atomic E-state index is -1.63. The van der Waals surface area contributed by atoms with Crippen LogP contribution in [0.4, 0.5) is 0 Å². The van der Waals surface area contributed by atoms with Crippen LogP contribution in [-0.4, -0.2) is 57.3 Å². The molecule has 1 atom stereocenters. The maximum absolute atomic E-state index is 13.3. The number of aliphatic hydroxyl groups excluding tert-OH is 1. The van der Waals surface area contributed by atoms with Gasteiger partial charge >= 0.3 is 5.97 Å². The average molecular weight is 462 g/mol. The third-order valence-corrected chi connectivity index (χ3v) is 6.51. The second kappa shape index (κ2) is 8.34. The number of carbonyl (C=O) groups is 4. The molecule has 1 aliphatic heterocycles. The molecule has 1 aromatic rings. The van der Waals surface area contributed by atoms with Gasteiger partial charge in [0, 0.05) is 17.4 Å². The average Bonchev–Trinajstić information content (AvgIpc) is 3.00. The van der Waals surface area contributed by atoms with Crippen LogP contribution >= 0.6 is 11.8 Å². The number of benzene rings is 1. The molecule has 3 rings (SSSR count). The summed E-state index contributed by atoms with van der Waals surface area (Å²) in [6.07, 6.45) is 1.02. The number of aliphatic hydroxyl groups is 1. The lowest BCUT2D eigenvalue weighted by atomic mass is 9.71. The van der Waals surface area contributed by atoms with Crippen LogP contribution in [0.5, 0.6) is 17.2 Å². The first-order valence-corrected chi connectivity index (χ1v) is 10.8. The van der Waals surface area contributed by atoms with Crippen LogP contribution in [0, 0.1) is 6.92 Å². The second-order valence-corrected chi connectivity index (χ2v) is 8.69. The number of hydrogen-bond acceptors (Lipinski definition) is 9. The Kier molecular flexibility index (Phi) is 6.10. The number of thioether (sulfide) groups is 1. The van der Waals surface area contributed by atoms with Crippen LogP contribution in [-0.2, 0) is 19.8 Å². The largest absolute Gasteiger partial charge is 0.507 e. The van der Waals surface area contributed by atoms with Crippen LogP contribution < -0.4 is 9.47 Å². The van der Waals surface area contributed by atoms with E-state index in [0.29, 0.717) is 0 Å². The van der Waals surface area contributed by atoms with E-state index in [-0.39, 0.29) is 57.6 Å². The quantitative estimate of drug-likeness (QED) is 0.299. The van der Waals surface area contributed by atoms with Crippen LogP contribution in [0.1, 0.15) is 41.8 Å². The predicted octanol–water partition coefficient (Wildman–Crippen LogP) is 2.62. The van der Waals surface area contributed by atoms with Gasteiger partial charge in [0.05, 0.1) is 24.8 Å². The lowest BCUT2D eigenvalue weighted by Crippen LogP contribution is -2.38. The van der Waals surface area contributed by atoms with Crippen LogP contribution in [0.2, 0.25) is 0 Å². The molecule has 0 bridgehead atoms. The number of ether oxygens (including phenoxy) is 2. The Morgan fingerprint density at radius 3 is 2.47 bits per heavy atom. The number of aliphatic carboxylic acids is 1. The fourth-order valence-electron chi connectivity index (χ4n) is 3.93. The summed E-state index contributed by atoms with van der Waals surface area (Å²) in [5, 5.41) is 29.9. The molecule has 170 valence electrons. The second-order valence-electron chi connectivity index (χ2n) is 7.59. The molecule has 0 spiro atoms. The fraction of sp³-hybridized carbons (Fsp3) is 0.364. The highest BCUT2D eigenvalue weighted by Crippen LogP contribution is 2.57. The lowest BCUT2D eigenvalue weighted by molar-refractivity contribution is -0.136. The maximum Gasteiger partial charge on any atom is 0.304 e. The van der Waals surface area contributed by atoms with Gasteiger partial charge in [-0.3, -0.25) is 19.2 Å². The Morgan fingerprint density at radius 2 is 1.91 bits per heavy atom. The summed E-state index contributed by atoms with van der Waals surface area (Å²) in [5.41, 5.74) is -1.84. The molecule has 32 heavy (non-hydrogen) atoms. The number of carboxylic acid groups (broad SMARTS) is 1. The summed E-state index contributed by atoms with van der Waals surface area (Å²) >= 11 is 1.11. The SMILES string of the molecule is COc1c(C)c(O)c2c(c1C(=O)CSCCC(=O)O)OC1=CC(O)=C(C(C)=O)C(=O)[C@@]12C. The van der Waals surface area contributed by atoms with Gasteiger partial charge in [-0.15, -0.1) is 0 Å². The van der Waals surface area contributed by atoms with Crippen LogP contribution in [0.15, 0.2) is 23.2 Å². The zero-order valence-electron chi connectivity index (χ0n) is 17.9. The van der Waals surface area contributed by atoms with Crippen molar-refractivity contribution in [3.05, 3.63) is 39.9 Å². The number of phenols is 1. The lowest BCUT2D eigenvalue weighted by Gasteiger charge is -2.28. The van der Waals surface area contributed by atoms with E-state index in [1.165, 1.54) is 21.0 Å². The van der Waals surface area contributed by atoms with Crippen molar-refractivity contribution in [3.8, 4) is 17.2 Å². The van der Waals surface area contributed by atoms with Gasteiger partial charge in [-0.25, -0.2) is 0 Å². The third kappa shape index (κ3) is 3.44. The highest BCUT2D eigenvalue weighted by atomic mass is 32.2. The van der Waals surface area contributed by atoms with Crippen LogP contribution in [0.3, 0.4) is 0 Å². The van der Waals surface area contributed by atoms with Gasteiger partial charge in [-0.2, -0.15) is 11.8 Å². The minimum Gasteiger partial charge on any atom is -0.507 e. The Labute approximate surface area is 187 Å². The number of rotatable bonds is 8. The molecule has 0 radical (unpaired) electrons. The highest BCUT2D eigenvalue weighted by molar-refractivity contribution is 8.00. The molecule has 0 saturated carbocycles. The van der Waals surface area contributed by atoms with Crippen molar-refractivity contribution in [2.45, 2.75) is 32.6 Å². The molecular formula is C22H22O9S. The molecule has 2 aliphatic rings. The zero-order chi connectivity index (χ0) is 24.0. The molecular weight excluding hydrogens is 440 g/mol. The molecule has 9 nitrogen and oxygen atoms in total.